The second kappa shape index (κ2) is 8.65. The van der Waals surface area contributed by atoms with Crippen LogP contribution in [0, 0.1) is 10.1 Å². The van der Waals surface area contributed by atoms with Crippen molar-refractivity contribution in [1.82, 2.24) is 5.32 Å². The molecule has 0 aliphatic rings. The van der Waals surface area contributed by atoms with Crippen molar-refractivity contribution in [2.45, 2.75) is 12.5 Å². The molecule has 0 saturated carbocycles. The van der Waals surface area contributed by atoms with Crippen molar-refractivity contribution in [1.29, 1.82) is 0 Å². The van der Waals surface area contributed by atoms with Crippen LogP contribution in [-0.4, -0.2) is 31.0 Å². The Morgan fingerprint density at radius 1 is 1.11 bits per heavy atom. The molecule has 0 fully saturated rings. The molecule has 9 nitrogen and oxygen atoms in total. The number of carbonyl (C=O) groups is 2. The van der Waals surface area contributed by atoms with Crippen LogP contribution in [0.1, 0.15) is 28.4 Å². The van der Waals surface area contributed by atoms with E-state index < -0.39 is 29.3 Å². The zero-order chi connectivity index (χ0) is 20.0. The molecule has 1 N–H and O–H groups in total. The van der Waals surface area contributed by atoms with E-state index in [9.17, 15) is 24.8 Å². The predicted octanol–water partition coefficient (Wildman–Crippen LogP) is 1.22. The van der Waals surface area contributed by atoms with Crippen LogP contribution in [0.25, 0.3) is 0 Å². The highest BCUT2D eigenvalue weighted by Crippen LogP contribution is 2.31. The number of methoxy groups -OCH3 is 2. The summed E-state index contributed by atoms with van der Waals surface area (Å²) in [6.07, 6.45) is -0.490. The van der Waals surface area contributed by atoms with E-state index in [0.717, 1.165) is 6.07 Å². The van der Waals surface area contributed by atoms with Crippen molar-refractivity contribution in [2.75, 3.05) is 14.2 Å². The average Bonchev–Trinajstić information content (AvgIpc) is 2.66. The van der Waals surface area contributed by atoms with Crippen LogP contribution in [0.5, 0.6) is 11.5 Å². The molecular formula is C18H17N2O7-. The first-order valence-electron chi connectivity index (χ1n) is 7.82. The van der Waals surface area contributed by atoms with E-state index in [1.165, 1.54) is 32.4 Å². The summed E-state index contributed by atoms with van der Waals surface area (Å²) in [5.41, 5.74) is 0.244. The molecule has 2 rings (SSSR count). The smallest absolute Gasteiger partial charge is 0.270 e. The van der Waals surface area contributed by atoms with E-state index in [2.05, 4.69) is 5.32 Å². The number of amides is 1. The van der Waals surface area contributed by atoms with Gasteiger partial charge in [-0.15, -0.1) is 0 Å². The van der Waals surface area contributed by atoms with Gasteiger partial charge in [-0.3, -0.25) is 14.9 Å². The number of carboxylic acids is 1. The molecule has 2 aromatic rings. The highest BCUT2D eigenvalue weighted by Gasteiger charge is 2.19. The minimum absolute atomic E-state index is 0.0352. The second-order valence-electron chi connectivity index (χ2n) is 5.52. The van der Waals surface area contributed by atoms with E-state index >= 15 is 0 Å². The molecule has 0 bridgehead atoms. The molecule has 0 spiro atoms. The largest absolute Gasteiger partial charge is 0.550 e. The van der Waals surface area contributed by atoms with Gasteiger partial charge in [0.15, 0.2) is 11.5 Å². The first-order chi connectivity index (χ1) is 12.8. The zero-order valence-electron chi connectivity index (χ0n) is 14.6. The monoisotopic (exact) mass is 373 g/mol. The van der Waals surface area contributed by atoms with Gasteiger partial charge < -0.3 is 24.7 Å². The number of aliphatic carboxylic acids is 1. The van der Waals surface area contributed by atoms with Crippen molar-refractivity contribution >= 4 is 17.6 Å². The quantitative estimate of drug-likeness (QED) is 0.544. The van der Waals surface area contributed by atoms with Crippen molar-refractivity contribution in [3.8, 4) is 11.5 Å². The highest BCUT2D eigenvalue weighted by molar-refractivity contribution is 5.95. The maximum absolute atomic E-state index is 12.5. The Morgan fingerprint density at radius 2 is 1.81 bits per heavy atom. The first kappa shape index (κ1) is 19.7. The summed E-state index contributed by atoms with van der Waals surface area (Å²) >= 11 is 0. The Kier molecular flexibility index (Phi) is 6.32. The number of ether oxygens (including phenoxy) is 2. The molecule has 0 aliphatic heterocycles. The summed E-state index contributed by atoms with van der Waals surface area (Å²) in [5.74, 6) is -1.21. The van der Waals surface area contributed by atoms with Gasteiger partial charge in [-0.25, -0.2) is 0 Å². The lowest BCUT2D eigenvalue weighted by Gasteiger charge is -2.21. The number of non-ortho nitro benzene ring substituents is 1. The molecule has 0 heterocycles. The van der Waals surface area contributed by atoms with Gasteiger partial charge in [0.25, 0.3) is 11.6 Å². The van der Waals surface area contributed by atoms with E-state index in [4.69, 9.17) is 9.47 Å². The minimum atomic E-state index is -1.37. The van der Waals surface area contributed by atoms with Gasteiger partial charge in [-0.2, -0.15) is 0 Å². The van der Waals surface area contributed by atoms with Crippen LogP contribution in [0.4, 0.5) is 5.69 Å². The van der Waals surface area contributed by atoms with Gasteiger partial charge in [-0.1, -0.05) is 12.1 Å². The number of nitrogens with zero attached hydrogens (tertiary/aromatic N) is 1. The molecule has 2 aromatic carbocycles. The highest BCUT2D eigenvalue weighted by atomic mass is 16.6. The standard InChI is InChI=1S/C18H18N2O7/c1-26-15-7-6-11(9-16(15)27-2)14(10-17(21)22)19-18(23)12-4-3-5-13(8-12)20(24)25/h3-9,14H,10H2,1-2H3,(H,19,23)(H,21,22)/p-1/t14-/m0/s1. The molecule has 1 atom stereocenters. The van der Waals surface area contributed by atoms with Crippen molar-refractivity contribution in [3.05, 3.63) is 63.7 Å². The number of benzene rings is 2. The van der Waals surface area contributed by atoms with Gasteiger partial charge in [-0.05, 0) is 23.8 Å². The van der Waals surface area contributed by atoms with Gasteiger partial charge in [0, 0.05) is 30.1 Å². The van der Waals surface area contributed by atoms with Crippen LogP contribution >= 0.6 is 0 Å². The van der Waals surface area contributed by atoms with Crippen LogP contribution in [0.3, 0.4) is 0 Å². The zero-order valence-corrected chi connectivity index (χ0v) is 14.6. The van der Waals surface area contributed by atoms with Gasteiger partial charge >= 0.3 is 0 Å². The maximum Gasteiger partial charge on any atom is 0.270 e. The SMILES string of the molecule is COc1ccc([C@H](CC(=O)[O-])NC(=O)c2cccc([N+](=O)[O-])c2)cc1OC. The number of nitrogens with one attached hydrogen (secondary N) is 1. The molecule has 142 valence electrons. The number of carbonyl (C=O) groups excluding carboxylic acids is 2. The number of nitro groups is 1. The molecule has 0 aromatic heterocycles. The third-order valence-corrected chi connectivity index (χ3v) is 3.81. The van der Waals surface area contributed by atoms with Gasteiger partial charge in [0.2, 0.25) is 0 Å². The number of nitro benzene ring substituents is 1. The summed E-state index contributed by atoms with van der Waals surface area (Å²) in [4.78, 5) is 33.8. The fourth-order valence-corrected chi connectivity index (χ4v) is 2.49. The number of carboxylic acid groups (broad SMARTS) is 1. The van der Waals surface area contributed by atoms with E-state index in [1.807, 2.05) is 0 Å². The lowest BCUT2D eigenvalue weighted by Crippen LogP contribution is -2.34. The van der Waals surface area contributed by atoms with Crippen molar-refractivity contribution < 1.29 is 29.1 Å². The molecule has 0 saturated heterocycles. The first-order valence-corrected chi connectivity index (χ1v) is 7.82. The van der Waals surface area contributed by atoms with Gasteiger partial charge in [0.05, 0.1) is 25.2 Å². The van der Waals surface area contributed by atoms with E-state index in [-0.39, 0.29) is 11.3 Å². The van der Waals surface area contributed by atoms with Crippen molar-refractivity contribution in [2.24, 2.45) is 0 Å². The Bertz CT molecular complexity index is 867. The van der Waals surface area contributed by atoms with Crippen LogP contribution in [0.15, 0.2) is 42.5 Å². The topological polar surface area (TPSA) is 131 Å². The summed E-state index contributed by atoms with van der Waals surface area (Å²) in [5, 5.41) is 24.5. The molecule has 9 heteroatoms. The molecule has 0 aliphatic carbocycles. The summed E-state index contributed by atoms with van der Waals surface area (Å²) < 4.78 is 10.3. The van der Waals surface area contributed by atoms with Crippen LogP contribution in [0.2, 0.25) is 0 Å². The second-order valence-corrected chi connectivity index (χ2v) is 5.52. The normalized spacial score (nSPS) is 11.3. The Labute approximate surface area is 154 Å². The molecule has 27 heavy (non-hydrogen) atoms. The fourth-order valence-electron chi connectivity index (χ4n) is 2.49. The van der Waals surface area contributed by atoms with E-state index in [0.29, 0.717) is 17.1 Å². The van der Waals surface area contributed by atoms with Crippen molar-refractivity contribution in [3.63, 3.8) is 0 Å². The predicted molar refractivity (Wildman–Crippen MR) is 92.5 cm³/mol. The lowest BCUT2D eigenvalue weighted by molar-refractivity contribution is -0.384. The molecular weight excluding hydrogens is 356 g/mol. The summed E-state index contributed by atoms with van der Waals surface area (Å²) in [6, 6.07) is 8.91. The Hall–Kier alpha value is -3.62. The number of hydrogen-bond donors (Lipinski definition) is 1. The Morgan fingerprint density at radius 3 is 2.41 bits per heavy atom. The Balaban J connectivity index is 2.32. The molecule has 0 radical (unpaired) electrons. The third kappa shape index (κ3) is 4.94. The fraction of sp³-hybridized carbons (Fsp3) is 0.222. The van der Waals surface area contributed by atoms with Crippen LogP contribution in [-0.2, 0) is 4.79 Å². The number of hydrogen-bond acceptors (Lipinski definition) is 7. The summed E-state index contributed by atoms with van der Waals surface area (Å²) in [7, 11) is 2.89. The van der Waals surface area contributed by atoms with Gasteiger partial charge in [0.1, 0.15) is 0 Å². The maximum atomic E-state index is 12.5. The average molecular weight is 373 g/mol. The lowest BCUT2D eigenvalue weighted by atomic mass is 10.0. The molecule has 0 unspecified atom stereocenters. The van der Waals surface area contributed by atoms with E-state index in [1.54, 1.807) is 18.2 Å². The molecule has 1 amide bonds. The third-order valence-electron chi connectivity index (χ3n) is 3.81. The minimum Gasteiger partial charge on any atom is -0.550 e. The summed E-state index contributed by atoms with van der Waals surface area (Å²) in [6.45, 7) is 0. The van der Waals surface area contributed by atoms with Crippen LogP contribution < -0.4 is 19.9 Å². The number of rotatable bonds is 8.